The number of rotatable bonds is 8. The number of hydrogen-bond donors (Lipinski definition) is 3. The Morgan fingerprint density at radius 1 is 1.03 bits per heavy atom. The van der Waals surface area contributed by atoms with Crippen LogP contribution in [0.2, 0.25) is 5.02 Å². The number of aliphatic imine (C=N–C) groups is 1. The Balaban J connectivity index is 0.00000363. The van der Waals surface area contributed by atoms with Crippen LogP contribution in [0, 0.1) is 0 Å². The van der Waals surface area contributed by atoms with Gasteiger partial charge in [0.05, 0.1) is 6.54 Å². The summed E-state index contributed by atoms with van der Waals surface area (Å²) in [5, 5.41) is 9.89. The van der Waals surface area contributed by atoms with E-state index < -0.39 is 0 Å². The van der Waals surface area contributed by atoms with Crippen molar-refractivity contribution in [1.29, 1.82) is 0 Å². The van der Waals surface area contributed by atoms with E-state index in [4.69, 9.17) is 11.6 Å². The largest absolute Gasteiger partial charge is 0.357 e. The molecule has 1 saturated heterocycles. The summed E-state index contributed by atoms with van der Waals surface area (Å²) in [6, 6.07) is 14.7. The summed E-state index contributed by atoms with van der Waals surface area (Å²) in [6.07, 6.45) is 1.55. The topological polar surface area (TPSA) is 85.8 Å². The maximum atomic E-state index is 12.1. The first-order valence-electron chi connectivity index (χ1n) is 10.5. The average Bonchev–Trinajstić information content (AvgIpc) is 3.21. The number of hydrogen-bond acceptors (Lipinski definition) is 3. The Morgan fingerprint density at radius 2 is 1.72 bits per heavy atom. The number of anilines is 1. The molecule has 3 N–H and O–H groups in total. The van der Waals surface area contributed by atoms with Gasteiger partial charge < -0.3 is 20.9 Å². The van der Waals surface area contributed by atoms with Gasteiger partial charge in [0.15, 0.2) is 5.96 Å². The third-order valence-corrected chi connectivity index (χ3v) is 5.15. The summed E-state index contributed by atoms with van der Waals surface area (Å²) in [7, 11) is 0. The van der Waals surface area contributed by atoms with Crippen LogP contribution in [0.3, 0.4) is 0 Å². The monoisotopic (exact) mass is 569 g/mol. The molecule has 0 spiro atoms. The summed E-state index contributed by atoms with van der Waals surface area (Å²) < 4.78 is 0. The zero-order chi connectivity index (χ0) is 22.1. The van der Waals surface area contributed by atoms with Crippen LogP contribution in [0.4, 0.5) is 5.69 Å². The van der Waals surface area contributed by atoms with Crippen molar-refractivity contribution >= 4 is 59.0 Å². The number of nitrogens with one attached hydrogen (secondary N) is 3. The van der Waals surface area contributed by atoms with Gasteiger partial charge in [-0.1, -0.05) is 23.7 Å². The number of guanidine groups is 1. The second-order valence-electron chi connectivity index (χ2n) is 7.20. The van der Waals surface area contributed by atoms with Crippen molar-refractivity contribution in [1.82, 2.24) is 16.0 Å². The lowest BCUT2D eigenvalue weighted by atomic mass is 10.2. The summed E-state index contributed by atoms with van der Waals surface area (Å²) in [5.41, 5.74) is 2.57. The van der Waals surface area contributed by atoms with Crippen molar-refractivity contribution in [2.24, 2.45) is 4.99 Å². The molecule has 2 aromatic carbocycles. The molecule has 172 valence electrons. The summed E-state index contributed by atoms with van der Waals surface area (Å²) in [6.45, 7) is 5.05. The zero-order valence-corrected chi connectivity index (χ0v) is 21.2. The van der Waals surface area contributed by atoms with E-state index >= 15 is 0 Å². The molecule has 0 aromatic heterocycles. The molecule has 2 amide bonds. The Morgan fingerprint density at radius 3 is 2.34 bits per heavy atom. The van der Waals surface area contributed by atoms with Gasteiger partial charge >= 0.3 is 0 Å². The normalized spacial score (nSPS) is 13.5. The van der Waals surface area contributed by atoms with E-state index in [-0.39, 0.29) is 35.8 Å². The Bertz CT molecular complexity index is 919. The van der Waals surface area contributed by atoms with Gasteiger partial charge in [0, 0.05) is 48.9 Å². The minimum absolute atomic E-state index is 0. The maximum absolute atomic E-state index is 12.1. The minimum Gasteiger partial charge on any atom is -0.357 e. The molecular weight excluding hydrogens is 541 g/mol. The van der Waals surface area contributed by atoms with Gasteiger partial charge in [-0.05, 0) is 55.3 Å². The highest BCUT2D eigenvalue weighted by Crippen LogP contribution is 2.21. The lowest BCUT2D eigenvalue weighted by Gasteiger charge is -2.16. The standard InChI is InChI=1S/C23H28ClN5O2.HI/c1-2-25-23(27-14-13-26-22(31)18-7-9-19(24)10-8-18)28-16-17-5-11-20(12-6-17)29-15-3-4-21(29)30;/h5-12H,2-4,13-16H2,1H3,(H,26,31)(H2,25,27,28);1H. The minimum atomic E-state index is -0.142. The van der Waals surface area contributed by atoms with E-state index in [0.717, 1.165) is 30.8 Å². The molecule has 0 atom stereocenters. The van der Waals surface area contributed by atoms with Gasteiger partial charge in [0.1, 0.15) is 0 Å². The van der Waals surface area contributed by atoms with Crippen LogP contribution >= 0.6 is 35.6 Å². The first kappa shape index (κ1) is 25.9. The number of carbonyl (C=O) groups is 2. The molecule has 0 unspecified atom stereocenters. The fraction of sp³-hybridized carbons (Fsp3) is 0.348. The van der Waals surface area contributed by atoms with E-state index in [1.807, 2.05) is 36.1 Å². The molecule has 7 nitrogen and oxygen atoms in total. The molecular formula is C23H29ClIN5O2. The van der Waals surface area contributed by atoms with Gasteiger partial charge in [-0.15, -0.1) is 24.0 Å². The Hall–Kier alpha value is -2.33. The summed E-state index contributed by atoms with van der Waals surface area (Å²) in [4.78, 5) is 30.4. The smallest absolute Gasteiger partial charge is 0.251 e. The number of benzene rings is 2. The van der Waals surface area contributed by atoms with E-state index in [1.54, 1.807) is 24.3 Å². The van der Waals surface area contributed by atoms with E-state index in [0.29, 0.717) is 42.6 Å². The second-order valence-corrected chi connectivity index (χ2v) is 7.64. The second kappa shape index (κ2) is 13.3. The number of amides is 2. The van der Waals surface area contributed by atoms with Crippen LogP contribution in [-0.4, -0.2) is 44.0 Å². The number of halogens is 2. The van der Waals surface area contributed by atoms with Crippen molar-refractivity contribution in [2.45, 2.75) is 26.3 Å². The predicted octanol–water partition coefficient (Wildman–Crippen LogP) is 3.57. The highest BCUT2D eigenvalue weighted by atomic mass is 127. The summed E-state index contributed by atoms with van der Waals surface area (Å²) in [5.74, 6) is 0.728. The molecule has 0 bridgehead atoms. The molecule has 32 heavy (non-hydrogen) atoms. The number of carbonyl (C=O) groups excluding carboxylic acids is 2. The molecule has 1 aliphatic rings. The highest BCUT2D eigenvalue weighted by Gasteiger charge is 2.21. The van der Waals surface area contributed by atoms with Gasteiger partial charge in [0.25, 0.3) is 5.91 Å². The van der Waals surface area contributed by atoms with Crippen LogP contribution in [-0.2, 0) is 11.3 Å². The van der Waals surface area contributed by atoms with Crippen molar-refractivity contribution in [3.05, 3.63) is 64.7 Å². The van der Waals surface area contributed by atoms with Crippen LogP contribution in [0.25, 0.3) is 0 Å². The van der Waals surface area contributed by atoms with E-state index in [1.165, 1.54) is 0 Å². The molecule has 0 saturated carbocycles. The Labute approximate surface area is 211 Å². The highest BCUT2D eigenvalue weighted by molar-refractivity contribution is 14.0. The fourth-order valence-corrected chi connectivity index (χ4v) is 3.40. The molecule has 0 aliphatic carbocycles. The molecule has 9 heteroatoms. The van der Waals surface area contributed by atoms with Crippen molar-refractivity contribution in [2.75, 3.05) is 31.1 Å². The lowest BCUT2D eigenvalue weighted by Crippen LogP contribution is -2.41. The first-order valence-corrected chi connectivity index (χ1v) is 10.9. The van der Waals surface area contributed by atoms with Crippen molar-refractivity contribution < 1.29 is 9.59 Å². The third-order valence-electron chi connectivity index (χ3n) is 4.89. The molecule has 1 fully saturated rings. The fourth-order valence-electron chi connectivity index (χ4n) is 3.27. The average molecular weight is 570 g/mol. The number of nitrogens with zero attached hydrogens (tertiary/aromatic N) is 2. The molecule has 1 aliphatic heterocycles. The van der Waals surface area contributed by atoms with E-state index in [9.17, 15) is 9.59 Å². The molecule has 3 rings (SSSR count). The van der Waals surface area contributed by atoms with Gasteiger partial charge in [-0.3, -0.25) is 9.59 Å². The van der Waals surface area contributed by atoms with Gasteiger partial charge in [-0.25, -0.2) is 4.99 Å². The Kier molecular flexibility index (Phi) is 10.8. The van der Waals surface area contributed by atoms with Crippen LogP contribution in [0.1, 0.15) is 35.7 Å². The molecule has 2 aromatic rings. The quantitative estimate of drug-likeness (QED) is 0.196. The third kappa shape index (κ3) is 7.67. The van der Waals surface area contributed by atoms with Crippen molar-refractivity contribution in [3.63, 3.8) is 0 Å². The van der Waals surface area contributed by atoms with Gasteiger partial charge in [-0.2, -0.15) is 0 Å². The van der Waals surface area contributed by atoms with Crippen molar-refractivity contribution in [3.8, 4) is 0 Å². The van der Waals surface area contributed by atoms with Crippen LogP contribution < -0.4 is 20.9 Å². The SMILES string of the molecule is CCNC(=NCc1ccc(N2CCCC2=O)cc1)NCCNC(=O)c1ccc(Cl)cc1.I. The van der Waals surface area contributed by atoms with Gasteiger partial charge in [0.2, 0.25) is 5.91 Å². The van der Waals surface area contributed by atoms with E-state index in [2.05, 4.69) is 20.9 Å². The zero-order valence-electron chi connectivity index (χ0n) is 18.1. The van der Waals surface area contributed by atoms with Crippen LogP contribution in [0.15, 0.2) is 53.5 Å². The first-order chi connectivity index (χ1) is 15.1. The maximum Gasteiger partial charge on any atom is 0.251 e. The molecule has 0 radical (unpaired) electrons. The lowest BCUT2D eigenvalue weighted by molar-refractivity contribution is -0.117. The molecule has 1 heterocycles. The predicted molar refractivity (Wildman–Crippen MR) is 140 cm³/mol. The summed E-state index contributed by atoms with van der Waals surface area (Å²) >= 11 is 5.85. The van der Waals surface area contributed by atoms with Crippen LogP contribution in [0.5, 0.6) is 0 Å².